The number of amides is 1. The predicted molar refractivity (Wildman–Crippen MR) is 111 cm³/mol. The molecule has 2 aromatic rings. The summed E-state index contributed by atoms with van der Waals surface area (Å²) in [6.45, 7) is 5.33. The standard InChI is InChI=1S/C21H28N2O4S/c1-4-5-6-17-8-10-18(11-9-17)23-28(26,27)19-12-7-15(2)20(13-19)21(25)22-16(3)14-24/h7-13,16,23-24H,4-6,14H2,1-3H3,(H,22,25)/t16-/m0/s1. The summed E-state index contributed by atoms with van der Waals surface area (Å²) >= 11 is 0. The third-order valence-electron chi connectivity index (χ3n) is 4.44. The van der Waals surface area contributed by atoms with Crippen molar-refractivity contribution < 1.29 is 18.3 Å². The van der Waals surface area contributed by atoms with Crippen molar-refractivity contribution in [2.45, 2.75) is 51.0 Å². The molecule has 28 heavy (non-hydrogen) atoms. The van der Waals surface area contributed by atoms with Crippen LogP contribution >= 0.6 is 0 Å². The van der Waals surface area contributed by atoms with Crippen LogP contribution < -0.4 is 10.0 Å². The number of carbonyl (C=O) groups is 1. The SMILES string of the molecule is CCCCc1ccc(NS(=O)(=O)c2ccc(C)c(C(=O)N[C@@H](C)CO)c2)cc1. The number of benzene rings is 2. The second-order valence-corrected chi connectivity index (χ2v) is 8.62. The Hall–Kier alpha value is -2.38. The molecule has 0 unspecified atom stereocenters. The molecule has 0 aliphatic carbocycles. The summed E-state index contributed by atoms with van der Waals surface area (Å²) in [7, 11) is -3.83. The first-order valence-electron chi connectivity index (χ1n) is 9.41. The number of nitrogens with one attached hydrogen (secondary N) is 2. The summed E-state index contributed by atoms with van der Waals surface area (Å²) in [4.78, 5) is 12.4. The van der Waals surface area contributed by atoms with E-state index in [4.69, 9.17) is 5.11 Å². The van der Waals surface area contributed by atoms with Crippen molar-refractivity contribution in [1.29, 1.82) is 0 Å². The van der Waals surface area contributed by atoms with Gasteiger partial charge in [0, 0.05) is 17.3 Å². The largest absolute Gasteiger partial charge is 0.394 e. The monoisotopic (exact) mass is 404 g/mol. The number of aryl methyl sites for hydroxylation is 2. The van der Waals surface area contributed by atoms with Crippen LogP contribution in [0.1, 0.15) is 48.2 Å². The summed E-state index contributed by atoms with van der Waals surface area (Å²) in [6.07, 6.45) is 3.16. The zero-order valence-electron chi connectivity index (χ0n) is 16.5. The van der Waals surface area contributed by atoms with Gasteiger partial charge in [0.15, 0.2) is 0 Å². The number of unbranched alkanes of at least 4 members (excludes halogenated alkanes) is 1. The summed E-state index contributed by atoms with van der Waals surface area (Å²) in [5.74, 6) is -0.420. The molecule has 0 aromatic heterocycles. The van der Waals surface area contributed by atoms with Gasteiger partial charge >= 0.3 is 0 Å². The van der Waals surface area contributed by atoms with Crippen LogP contribution in [0.4, 0.5) is 5.69 Å². The average molecular weight is 405 g/mol. The summed E-state index contributed by atoms with van der Waals surface area (Å²) < 4.78 is 28.0. The van der Waals surface area contributed by atoms with Gasteiger partial charge in [-0.05, 0) is 62.1 Å². The first-order chi connectivity index (χ1) is 13.3. The lowest BCUT2D eigenvalue weighted by molar-refractivity contribution is 0.0921. The fourth-order valence-electron chi connectivity index (χ4n) is 2.69. The van der Waals surface area contributed by atoms with Crippen LogP contribution in [-0.4, -0.2) is 32.1 Å². The maximum atomic E-state index is 12.7. The zero-order chi connectivity index (χ0) is 20.7. The Kier molecular flexibility index (Phi) is 7.60. The minimum Gasteiger partial charge on any atom is -0.394 e. The highest BCUT2D eigenvalue weighted by molar-refractivity contribution is 7.92. The molecule has 2 aromatic carbocycles. The summed E-state index contributed by atoms with van der Waals surface area (Å²) in [5.41, 5.74) is 2.55. The van der Waals surface area contributed by atoms with Crippen LogP contribution in [0.15, 0.2) is 47.4 Å². The van der Waals surface area contributed by atoms with E-state index in [0.29, 0.717) is 11.3 Å². The van der Waals surface area contributed by atoms with Gasteiger partial charge in [0.05, 0.1) is 11.5 Å². The lowest BCUT2D eigenvalue weighted by Crippen LogP contribution is -2.35. The molecule has 0 bridgehead atoms. The maximum Gasteiger partial charge on any atom is 0.261 e. The molecule has 1 amide bonds. The van der Waals surface area contributed by atoms with Gasteiger partial charge < -0.3 is 10.4 Å². The minimum atomic E-state index is -3.83. The van der Waals surface area contributed by atoms with Gasteiger partial charge in [-0.3, -0.25) is 9.52 Å². The van der Waals surface area contributed by atoms with Crippen molar-refractivity contribution in [2.75, 3.05) is 11.3 Å². The Morgan fingerprint density at radius 1 is 1.14 bits per heavy atom. The molecule has 0 aliphatic rings. The Morgan fingerprint density at radius 2 is 1.82 bits per heavy atom. The van der Waals surface area contributed by atoms with E-state index < -0.39 is 22.0 Å². The molecule has 6 nitrogen and oxygen atoms in total. The quantitative estimate of drug-likeness (QED) is 0.598. The Bertz CT molecular complexity index is 909. The van der Waals surface area contributed by atoms with E-state index in [0.717, 1.165) is 24.8 Å². The molecule has 0 saturated carbocycles. The molecule has 7 heteroatoms. The summed E-state index contributed by atoms with van der Waals surface area (Å²) in [6, 6.07) is 11.3. The number of anilines is 1. The third-order valence-corrected chi connectivity index (χ3v) is 5.82. The molecule has 152 valence electrons. The van der Waals surface area contributed by atoms with E-state index in [1.54, 1.807) is 32.0 Å². The normalized spacial score (nSPS) is 12.4. The van der Waals surface area contributed by atoms with Crippen LogP contribution in [0.5, 0.6) is 0 Å². The Morgan fingerprint density at radius 3 is 2.43 bits per heavy atom. The van der Waals surface area contributed by atoms with E-state index in [-0.39, 0.29) is 17.1 Å². The van der Waals surface area contributed by atoms with Gasteiger partial charge in [-0.15, -0.1) is 0 Å². The number of rotatable bonds is 9. The zero-order valence-corrected chi connectivity index (χ0v) is 17.3. The van der Waals surface area contributed by atoms with Crippen molar-refractivity contribution in [3.05, 3.63) is 59.2 Å². The van der Waals surface area contributed by atoms with Crippen LogP contribution in [-0.2, 0) is 16.4 Å². The molecule has 0 saturated heterocycles. The molecule has 0 fully saturated rings. The smallest absolute Gasteiger partial charge is 0.261 e. The number of hydrogen-bond donors (Lipinski definition) is 3. The Balaban J connectivity index is 2.21. The van der Waals surface area contributed by atoms with Crippen molar-refractivity contribution in [1.82, 2.24) is 5.32 Å². The predicted octanol–water partition coefficient (Wildman–Crippen LogP) is 3.25. The van der Waals surface area contributed by atoms with Crippen LogP contribution in [0, 0.1) is 6.92 Å². The number of hydrogen-bond acceptors (Lipinski definition) is 4. The lowest BCUT2D eigenvalue weighted by Gasteiger charge is -2.14. The molecule has 0 aliphatic heterocycles. The van der Waals surface area contributed by atoms with Gasteiger partial charge in [0.1, 0.15) is 0 Å². The van der Waals surface area contributed by atoms with Crippen molar-refractivity contribution >= 4 is 21.6 Å². The molecule has 0 radical (unpaired) electrons. The fourth-order valence-corrected chi connectivity index (χ4v) is 3.78. The molecular weight excluding hydrogens is 376 g/mol. The van der Waals surface area contributed by atoms with Crippen molar-refractivity contribution in [3.63, 3.8) is 0 Å². The van der Waals surface area contributed by atoms with Gasteiger partial charge in [0.2, 0.25) is 0 Å². The highest BCUT2D eigenvalue weighted by Gasteiger charge is 2.19. The van der Waals surface area contributed by atoms with Crippen LogP contribution in [0.3, 0.4) is 0 Å². The van der Waals surface area contributed by atoms with E-state index in [1.807, 2.05) is 12.1 Å². The number of sulfonamides is 1. The molecule has 1 atom stereocenters. The van der Waals surface area contributed by atoms with Gasteiger partial charge in [-0.2, -0.15) is 0 Å². The number of aliphatic hydroxyl groups excluding tert-OH is 1. The second-order valence-electron chi connectivity index (χ2n) is 6.94. The van der Waals surface area contributed by atoms with E-state index >= 15 is 0 Å². The number of aliphatic hydroxyl groups is 1. The second kappa shape index (κ2) is 9.71. The highest BCUT2D eigenvalue weighted by atomic mass is 32.2. The van der Waals surface area contributed by atoms with E-state index in [9.17, 15) is 13.2 Å². The average Bonchev–Trinajstić information content (AvgIpc) is 2.67. The summed E-state index contributed by atoms with van der Waals surface area (Å²) in [5, 5.41) is 11.7. The molecule has 0 heterocycles. The van der Waals surface area contributed by atoms with Gasteiger partial charge in [0.25, 0.3) is 15.9 Å². The van der Waals surface area contributed by atoms with E-state index in [2.05, 4.69) is 17.0 Å². The third kappa shape index (κ3) is 5.81. The highest BCUT2D eigenvalue weighted by Crippen LogP contribution is 2.20. The van der Waals surface area contributed by atoms with Crippen molar-refractivity contribution in [2.24, 2.45) is 0 Å². The molecule has 2 rings (SSSR count). The van der Waals surface area contributed by atoms with Crippen LogP contribution in [0.2, 0.25) is 0 Å². The van der Waals surface area contributed by atoms with Crippen molar-refractivity contribution in [3.8, 4) is 0 Å². The first-order valence-corrected chi connectivity index (χ1v) is 10.9. The minimum absolute atomic E-state index is 0.00922. The van der Waals surface area contributed by atoms with Gasteiger partial charge in [-0.1, -0.05) is 31.5 Å². The maximum absolute atomic E-state index is 12.7. The lowest BCUT2D eigenvalue weighted by atomic mass is 10.1. The molecule has 0 spiro atoms. The first kappa shape index (κ1) is 21.9. The van der Waals surface area contributed by atoms with Crippen LogP contribution in [0.25, 0.3) is 0 Å². The van der Waals surface area contributed by atoms with Gasteiger partial charge in [-0.25, -0.2) is 8.42 Å². The molecule has 3 N–H and O–H groups in total. The molecular formula is C21H28N2O4S. The fraction of sp³-hybridized carbons (Fsp3) is 0.381. The Labute approximate surface area is 167 Å². The number of carbonyl (C=O) groups excluding carboxylic acids is 1. The van der Waals surface area contributed by atoms with E-state index in [1.165, 1.54) is 12.1 Å². The topological polar surface area (TPSA) is 95.5 Å².